The van der Waals surface area contributed by atoms with Gasteiger partial charge in [-0.2, -0.15) is 5.26 Å². The van der Waals surface area contributed by atoms with Crippen LogP contribution in [0.3, 0.4) is 0 Å². The van der Waals surface area contributed by atoms with Gasteiger partial charge in [-0.15, -0.1) is 0 Å². The Hall–Kier alpha value is -1.03. The van der Waals surface area contributed by atoms with Crippen molar-refractivity contribution in [3.63, 3.8) is 0 Å². The lowest BCUT2D eigenvalue weighted by atomic mass is 10.2. The van der Waals surface area contributed by atoms with E-state index < -0.39 is 0 Å². The van der Waals surface area contributed by atoms with E-state index in [1.54, 1.807) is 0 Å². The fraction of sp³-hybridized carbons (Fsp3) is 0.375. The summed E-state index contributed by atoms with van der Waals surface area (Å²) < 4.78 is 0. The van der Waals surface area contributed by atoms with E-state index in [-0.39, 0.29) is 0 Å². The Morgan fingerprint density at radius 2 is 2.33 bits per heavy atom. The van der Waals surface area contributed by atoms with Crippen LogP contribution in [-0.2, 0) is 0 Å². The first kappa shape index (κ1) is 7.97. The van der Waals surface area contributed by atoms with Crippen LogP contribution < -0.4 is 0 Å². The van der Waals surface area contributed by atoms with Gasteiger partial charge < -0.3 is 0 Å². The molecule has 0 saturated carbocycles. The maximum Gasteiger partial charge on any atom is 0.0912 e. The van der Waals surface area contributed by atoms with Gasteiger partial charge in [0.2, 0.25) is 0 Å². The quantitative estimate of drug-likeness (QED) is 0.406. The molecule has 0 aliphatic heterocycles. The van der Waals surface area contributed by atoms with Crippen LogP contribution in [0.2, 0.25) is 0 Å². The Balaban J connectivity index is 3.89. The normalized spacial score (nSPS) is 11.9. The van der Waals surface area contributed by atoms with Crippen LogP contribution in [0.4, 0.5) is 0 Å². The van der Waals surface area contributed by atoms with Crippen molar-refractivity contribution in [1.29, 1.82) is 5.26 Å². The van der Waals surface area contributed by atoms with E-state index in [2.05, 4.69) is 6.92 Å². The molecule has 1 nitrogen and oxygen atoms in total. The Bertz CT molecular complexity index is 158. The van der Waals surface area contributed by atoms with E-state index in [4.69, 9.17) is 5.26 Å². The van der Waals surface area contributed by atoms with Crippen molar-refractivity contribution >= 4 is 0 Å². The second-order valence-electron chi connectivity index (χ2n) is 1.68. The van der Waals surface area contributed by atoms with Crippen molar-refractivity contribution in [3.05, 3.63) is 23.8 Å². The maximum absolute atomic E-state index is 8.14. The Morgan fingerprint density at radius 3 is 2.67 bits per heavy atom. The summed E-state index contributed by atoms with van der Waals surface area (Å²) in [6.45, 7) is 4.04. The number of nitrogens with zero attached hydrogens (tertiary/aromatic N) is 1. The van der Waals surface area contributed by atoms with Gasteiger partial charge >= 0.3 is 0 Å². The van der Waals surface area contributed by atoms with Gasteiger partial charge in [0.05, 0.1) is 6.07 Å². The minimum absolute atomic E-state index is 0.995. The molecule has 0 aliphatic carbocycles. The molecule has 0 amide bonds. The minimum Gasteiger partial charge on any atom is -0.193 e. The molecule has 0 N–H and O–H groups in total. The molecule has 0 aliphatic rings. The largest absolute Gasteiger partial charge is 0.193 e. The van der Waals surface area contributed by atoms with E-state index in [0.717, 1.165) is 6.42 Å². The van der Waals surface area contributed by atoms with Crippen LogP contribution in [0.5, 0.6) is 0 Å². The zero-order chi connectivity index (χ0) is 7.11. The summed E-state index contributed by atoms with van der Waals surface area (Å²) in [5.74, 6) is 0. The molecule has 0 aromatic carbocycles. The number of nitriles is 1. The molecular formula is C8H11N. The van der Waals surface area contributed by atoms with Gasteiger partial charge in [0.25, 0.3) is 0 Å². The molecule has 48 valence electrons. The third-order valence-corrected chi connectivity index (χ3v) is 1.15. The third-order valence-electron chi connectivity index (χ3n) is 1.15. The molecule has 0 spiro atoms. The number of allylic oxidation sites excluding steroid dienone is 4. The predicted molar refractivity (Wildman–Crippen MR) is 38.8 cm³/mol. The zero-order valence-electron chi connectivity index (χ0n) is 5.89. The highest BCUT2D eigenvalue weighted by Gasteiger charge is 1.81. The summed E-state index contributed by atoms with van der Waals surface area (Å²) in [5.41, 5.74) is 1.21. The summed E-state index contributed by atoms with van der Waals surface area (Å²) >= 11 is 0. The molecule has 0 saturated heterocycles. The molecule has 0 aromatic heterocycles. The Kier molecular flexibility index (Phi) is 4.53. The van der Waals surface area contributed by atoms with Crippen LogP contribution in [0.25, 0.3) is 0 Å². The minimum atomic E-state index is 0.995. The summed E-state index contributed by atoms with van der Waals surface area (Å²) in [5, 5.41) is 8.14. The molecule has 0 aromatic rings. The molecule has 0 rings (SSSR count). The molecule has 0 radical (unpaired) electrons. The van der Waals surface area contributed by atoms with Gasteiger partial charge in [0.15, 0.2) is 0 Å². The second-order valence-corrected chi connectivity index (χ2v) is 1.68. The lowest BCUT2D eigenvalue weighted by Gasteiger charge is -1.89. The van der Waals surface area contributed by atoms with E-state index in [9.17, 15) is 0 Å². The van der Waals surface area contributed by atoms with Gasteiger partial charge in [-0.3, -0.25) is 0 Å². The third kappa shape index (κ3) is 3.54. The number of hydrogen-bond donors (Lipinski definition) is 0. The lowest BCUT2D eigenvalue weighted by molar-refractivity contribution is 1.14. The van der Waals surface area contributed by atoms with Crippen molar-refractivity contribution in [2.45, 2.75) is 20.3 Å². The highest BCUT2D eigenvalue weighted by Crippen LogP contribution is 2.00. The van der Waals surface area contributed by atoms with Crippen molar-refractivity contribution in [1.82, 2.24) is 0 Å². The molecule has 0 fully saturated rings. The van der Waals surface area contributed by atoms with E-state index >= 15 is 0 Å². The highest BCUT2D eigenvalue weighted by molar-refractivity contribution is 5.21. The fourth-order valence-electron chi connectivity index (χ4n) is 0.563. The first-order valence-electron chi connectivity index (χ1n) is 3.06. The van der Waals surface area contributed by atoms with Crippen molar-refractivity contribution in [2.24, 2.45) is 0 Å². The summed E-state index contributed by atoms with van der Waals surface area (Å²) in [4.78, 5) is 0. The SMILES string of the molecule is C/C=C(/C=C/C#N)CC. The molecule has 0 atom stereocenters. The van der Waals surface area contributed by atoms with Gasteiger partial charge in [0, 0.05) is 6.08 Å². The maximum atomic E-state index is 8.14. The smallest absolute Gasteiger partial charge is 0.0912 e. The molecule has 0 heterocycles. The Labute approximate surface area is 56.3 Å². The molecular weight excluding hydrogens is 110 g/mol. The monoisotopic (exact) mass is 121 g/mol. The molecule has 0 bridgehead atoms. The van der Waals surface area contributed by atoms with E-state index in [0.29, 0.717) is 0 Å². The van der Waals surface area contributed by atoms with Crippen LogP contribution >= 0.6 is 0 Å². The lowest BCUT2D eigenvalue weighted by Crippen LogP contribution is -1.70. The van der Waals surface area contributed by atoms with E-state index in [1.807, 2.05) is 25.1 Å². The van der Waals surface area contributed by atoms with Gasteiger partial charge in [-0.25, -0.2) is 0 Å². The standard InChI is InChI=1S/C8H11N/c1-3-8(4-2)6-5-7-9/h3,5-6H,4H2,1-2H3/b6-5+,8-3+. The topological polar surface area (TPSA) is 23.8 Å². The number of hydrogen-bond acceptors (Lipinski definition) is 1. The van der Waals surface area contributed by atoms with Crippen LogP contribution in [0.1, 0.15) is 20.3 Å². The average molecular weight is 121 g/mol. The van der Waals surface area contributed by atoms with Crippen LogP contribution in [0.15, 0.2) is 23.8 Å². The highest BCUT2D eigenvalue weighted by atomic mass is 14.2. The number of rotatable bonds is 2. The Morgan fingerprint density at radius 1 is 1.67 bits per heavy atom. The molecule has 9 heavy (non-hydrogen) atoms. The molecule has 0 unspecified atom stereocenters. The van der Waals surface area contributed by atoms with Crippen LogP contribution in [-0.4, -0.2) is 0 Å². The average Bonchev–Trinajstić information content (AvgIpc) is 1.91. The van der Waals surface area contributed by atoms with Crippen molar-refractivity contribution in [2.75, 3.05) is 0 Å². The fourth-order valence-corrected chi connectivity index (χ4v) is 0.563. The summed E-state index contributed by atoms with van der Waals surface area (Å²) in [6, 6.07) is 1.95. The first-order valence-corrected chi connectivity index (χ1v) is 3.06. The van der Waals surface area contributed by atoms with Crippen LogP contribution in [0, 0.1) is 11.3 Å². The van der Waals surface area contributed by atoms with Gasteiger partial charge in [0.1, 0.15) is 0 Å². The van der Waals surface area contributed by atoms with Crippen molar-refractivity contribution < 1.29 is 0 Å². The second kappa shape index (κ2) is 5.11. The summed E-state index contributed by atoms with van der Waals surface area (Å²) in [6.07, 6.45) is 6.33. The molecule has 1 heteroatoms. The predicted octanol–water partition coefficient (Wildman–Crippen LogP) is 2.42. The van der Waals surface area contributed by atoms with E-state index in [1.165, 1.54) is 11.6 Å². The van der Waals surface area contributed by atoms with Gasteiger partial charge in [-0.1, -0.05) is 18.6 Å². The zero-order valence-corrected chi connectivity index (χ0v) is 5.89. The van der Waals surface area contributed by atoms with Gasteiger partial charge in [-0.05, 0) is 19.4 Å². The summed E-state index contributed by atoms with van der Waals surface area (Å²) in [7, 11) is 0. The first-order chi connectivity index (χ1) is 4.35. The van der Waals surface area contributed by atoms with Crippen molar-refractivity contribution in [3.8, 4) is 6.07 Å².